The Morgan fingerprint density at radius 1 is 1.03 bits per heavy atom. The molecule has 0 saturated carbocycles. The summed E-state index contributed by atoms with van der Waals surface area (Å²) in [6, 6.07) is 14.1. The van der Waals surface area contributed by atoms with Crippen LogP contribution in [0.25, 0.3) is 0 Å². The third kappa shape index (κ3) is 5.97. The van der Waals surface area contributed by atoms with Gasteiger partial charge in [-0.05, 0) is 47.3 Å². The monoisotopic (exact) mass is 456 g/mol. The molecule has 0 unspecified atom stereocenters. The van der Waals surface area contributed by atoms with E-state index in [-0.39, 0.29) is 27.8 Å². The molecule has 0 aliphatic carbocycles. The van der Waals surface area contributed by atoms with Crippen LogP contribution in [-0.4, -0.2) is 20.7 Å². The molecule has 0 aliphatic rings. The van der Waals surface area contributed by atoms with E-state index in [2.05, 4.69) is 14.8 Å². The summed E-state index contributed by atoms with van der Waals surface area (Å²) < 4.78 is 67.5. The third-order valence-corrected chi connectivity index (χ3v) is 6.53. The highest BCUT2D eigenvalue weighted by molar-refractivity contribution is 7.94. The highest BCUT2D eigenvalue weighted by atomic mass is 32.2. The predicted octanol–water partition coefficient (Wildman–Crippen LogP) is 4.38. The van der Waals surface area contributed by atoms with Gasteiger partial charge in [-0.25, -0.2) is 8.42 Å². The zero-order chi connectivity index (χ0) is 21.8. The number of hydrogen-bond donors (Lipinski definition) is 2. The summed E-state index contributed by atoms with van der Waals surface area (Å²) in [6.07, 6.45) is -4.77. The Balaban J connectivity index is 1.61. The van der Waals surface area contributed by atoms with Crippen molar-refractivity contribution in [2.75, 3.05) is 4.72 Å². The van der Waals surface area contributed by atoms with Gasteiger partial charge in [0, 0.05) is 17.8 Å². The van der Waals surface area contributed by atoms with Gasteiger partial charge in [-0.2, -0.15) is 0 Å². The molecule has 0 atom stereocenters. The van der Waals surface area contributed by atoms with Crippen LogP contribution in [0.3, 0.4) is 0 Å². The number of alkyl halides is 3. The fourth-order valence-electron chi connectivity index (χ4n) is 2.44. The topological polar surface area (TPSA) is 84.5 Å². The number of benzene rings is 2. The molecule has 30 heavy (non-hydrogen) atoms. The number of halogens is 3. The largest absolute Gasteiger partial charge is 0.573 e. The quantitative estimate of drug-likeness (QED) is 0.553. The predicted molar refractivity (Wildman–Crippen MR) is 106 cm³/mol. The van der Waals surface area contributed by atoms with Crippen molar-refractivity contribution in [3.05, 3.63) is 77.2 Å². The maximum Gasteiger partial charge on any atom is 0.573 e. The molecule has 158 valence electrons. The van der Waals surface area contributed by atoms with Gasteiger partial charge in [0.2, 0.25) is 0 Å². The van der Waals surface area contributed by atoms with Crippen molar-refractivity contribution in [1.82, 2.24) is 5.32 Å². The second kappa shape index (κ2) is 8.76. The number of rotatable bonds is 7. The van der Waals surface area contributed by atoms with Crippen molar-refractivity contribution in [3.63, 3.8) is 0 Å². The van der Waals surface area contributed by atoms with Gasteiger partial charge in [0.1, 0.15) is 9.96 Å². The van der Waals surface area contributed by atoms with E-state index in [0.717, 1.165) is 23.5 Å². The highest BCUT2D eigenvalue weighted by Gasteiger charge is 2.30. The molecule has 11 heteroatoms. The van der Waals surface area contributed by atoms with Gasteiger partial charge in [0.05, 0.1) is 0 Å². The second-order valence-electron chi connectivity index (χ2n) is 5.99. The van der Waals surface area contributed by atoms with Crippen LogP contribution in [0.4, 0.5) is 18.9 Å². The molecule has 1 aromatic heterocycles. The zero-order valence-corrected chi connectivity index (χ0v) is 16.8. The summed E-state index contributed by atoms with van der Waals surface area (Å²) in [6.45, 7) is 0.0658. The first-order chi connectivity index (χ1) is 14.1. The summed E-state index contributed by atoms with van der Waals surface area (Å²) in [5, 5.41) is 4.26. The van der Waals surface area contributed by atoms with Crippen molar-refractivity contribution in [1.29, 1.82) is 0 Å². The number of carbonyl (C=O) groups is 1. The lowest BCUT2D eigenvalue weighted by Gasteiger charge is -2.10. The smallest absolute Gasteiger partial charge is 0.406 e. The van der Waals surface area contributed by atoms with Crippen molar-refractivity contribution in [2.24, 2.45) is 0 Å². The van der Waals surface area contributed by atoms with Crippen molar-refractivity contribution in [2.45, 2.75) is 17.1 Å². The van der Waals surface area contributed by atoms with Gasteiger partial charge in [0.15, 0.2) is 0 Å². The van der Waals surface area contributed by atoms with Crippen LogP contribution in [0, 0.1) is 0 Å². The van der Waals surface area contributed by atoms with Crippen LogP contribution in [0.15, 0.2) is 70.3 Å². The number of amides is 1. The standard InChI is InChI=1S/C19H15F3N2O4S2/c20-19(21,22)28-16-8-6-13(7-9-16)12-23-18(25)14-3-1-4-15(11-14)24-30(26,27)17-5-2-10-29-17/h1-11,24H,12H2,(H,23,25). The maximum atomic E-state index is 12.4. The summed E-state index contributed by atoms with van der Waals surface area (Å²) >= 11 is 1.07. The van der Waals surface area contributed by atoms with E-state index in [9.17, 15) is 26.4 Å². The minimum atomic E-state index is -4.77. The molecule has 3 aromatic rings. The zero-order valence-electron chi connectivity index (χ0n) is 15.1. The fraction of sp³-hybridized carbons (Fsp3) is 0.105. The molecule has 1 heterocycles. The molecule has 0 bridgehead atoms. The van der Waals surface area contributed by atoms with Crippen LogP contribution in [-0.2, 0) is 16.6 Å². The Morgan fingerprint density at radius 3 is 2.40 bits per heavy atom. The van der Waals surface area contributed by atoms with E-state index in [4.69, 9.17) is 0 Å². The van der Waals surface area contributed by atoms with E-state index in [1.54, 1.807) is 11.4 Å². The average Bonchev–Trinajstić information content (AvgIpc) is 3.22. The summed E-state index contributed by atoms with van der Waals surface area (Å²) in [5.74, 6) is -0.828. The molecule has 0 fully saturated rings. The SMILES string of the molecule is O=C(NCc1ccc(OC(F)(F)F)cc1)c1cccc(NS(=O)(=O)c2cccs2)c1. The van der Waals surface area contributed by atoms with Crippen LogP contribution < -0.4 is 14.8 Å². The van der Waals surface area contributed by atoms with Gasteiger partial charge in [-0.1, -0.05) is 24.3 Å². The summed E-state index contributed by atoms with van der Waals surface area (Å²) in [4.78, 5) is 12.4. The van der Waals surface area contributed by atoms with Gasteiger partial charge in [-0.15, -0.1) is 24.5 Å². The maximum absolute atomic E-state index is 12.4. The van der Waals surface area contributed by atoms with Gasteiger partial charge < -0.3 is 10.1 Å². The van der Waals surface area contributed by atoms with E-state index in [1.807, 2.05) is 0 Å². The number of anilines is 1. The first-order valence-electron chi connectivity index (χ1n) is 8.42. The number of thiophene rings is 1. The minimum Gasteiger partial charge on any atom is -0.406 e. The third-order valence-electron chi connectivity index (χ3n) is 3.75. The lowest BCUT2D eigenvalue weighted by atomic mass is 10.1. The lowest BCUT2D eigenvalue weighted by Crippen LogP contribution is -2.23. The number of carbonyl (C=O) groups excluding carboxylic acids is 1. The van der Waals surface area contributed by atoms with E-state index in [1.165, 1.54) is 42.5 Å². The Labute approximate surface area is 174 Å². The molecule has 2 N–H and O–H groups in total. The summed E-state index contributed by atoms with van der Waals surface area (Å²) in [5.41, 5.74) is 1.01. The van der Waals surface area contributed by atoms with E-state index < -0.39 is 22.3 Å². The molecule has 0 radical (unpaired) electrons. The first-order valence-corrected chi connectivity index (χ1v) is 10.8. The van der Waals surface area contributed by atoms with Gasteiger partial charge >= 0.3 is 6.36 Å². The van der Waals surface area contributed by atoms with Crippen LogP contribution in [0.2, 0.25) is 0 Å². The molecular weight excluding hydrogens is 441 g/mol. The molecule has 6 nitrogen and oxygen atoms in total. The second-order valence-corrected chi connectivity index (χ2v) is 8.85. The number of sulfonamides is 1. The van der Waals surface area contributed by atoms with E-state index >= 15 is 0 Å². The first kappa shape index (κ1) is 21.7. The van der Waals surface area contributed by atoms with Crippen LogP contribution in [0.1, 0.15) is 15.9 Å². The van der Waals surface area contributed by atoms with Crippen LogP contribution in [0.5, 0.6) is 5.75 Å². The van der Waals surface area contributed by atoms with Crippen molar-refractivity contribution in [3.8, 4) is 5.75 Å². The van der Waals surface area contributed by atoms with Crippen LogP contribution >= 0.6 is 11.3 Å². The minimum absolute atomic E-state index is 0.0658. The Morgan fingerprint density at radius 2 is 1.77 bits per heavy atom. The van der Waals surface area contributed by atoms with Crippen molar-refractivity contribution >= 4 is 33.0 Å². The number of ether oxygens (including phenoxy) is 1. The number of nitrogens with one attached hydrogen (secondary N) is 2. The Kier molecular flexibility index (Phi) is 6.32. The molecule has 0 spiro atoms. The normalized spacial score (nSPS) is 11.7. The molecular formula is C19H15F3N2O4S2. The molecule has 2 aromatic carbocycles. The highest BCUT2D eigenvalue weighted by Crippen LogP contribution is 2.23. The van der Waals surface area contributed by atoms with E-state index in [0.29, 0.717) is 5.56 Å². The Hall–Kier alpha value is -3.05. The van der Waals surface area contributed by atoms with Gasteiger partial charge in [0.25, 0.3) is 15.9 Å². The molecule has 3 rings (SSSR count). The average molecular weight is 456 g/mol. The summed E-state index contributed by atoms with van der Waals surface area (Å²) in [7, 11) is -3.74. The number of hydrogen-bond acceptors (Lipinski definition) is 5. The molecule has 1 amide bonds. The van der Waals surface area contributed by atoms with Crippen molar-refractivity contribution < 1.29 is 31.1 Å². The lowest BCUT2D eigenvalue weighted by molar-refractivity contribution is -0.274. The molecule has 0 saturated heterocycles. The molecule has 0 aliphatic heterocycles. The fourth-order valence-corrected chi connectivity index (χ4v) is 4.48. The van der Waals surface area contributed by atoms with Gasteiger partial charge in [-0.3, -0.25) is 9.52 Å². The Bertz CT molecular complexity index is 1110.